The van der Waals surface area contributed by atoms with E-state index < -0.39 is 0 Å². The number of benzene rings is 1. The van der Waals surface area contributed by atoms with Crippen molar-refractivity contribution in [3.8, 4) is 0 Å². The molecule has 1 saturated heterocycles. The van der Waals surface area contributed by atoms with Gasteiger partial charge in [-0.1, -0.05) is 23.4 Å². The topological polar surface area (TPSA) is 85.0 Å². The first-order valence-corrected chi connectivity index (χ1v) is 9.03. The van der Waals surface area contributed by atoms with Crippen LogP contribution in [-0.4, -0.2) is 34.0 Å². The van der Waals surface area contributed by atoms with Crippen molar-refractivity contribution in [1.29, 1.82) is 0 Å². The minimum Gasteiger partial charge on any atom is -0.459 e. The van der Waals surface area contributed by atoms with Gasteiger partial charge in [0.1, 0.15) is 11.3 Å². The van der Waals surface area contributed by atoms with Crippen molar-refractivity contribution in [2.75, 3.05) is 13.1 Å². The van der Waals surface area contributed by atoms with Crippen LogP contribution in [0.15, 0.2) is 28.7 Å². The second-order valence-corrected chi connectivity index (χ2v) is 6.78. The van der Waals surface area contributed by atoms with Crippen LogP contribution in [-0.2, 0) is 6.54 Å². The summed E-state index contributed by atoms with van der Waals surface area (Å²) < 4.78 is 7.74. The lowest BCUT2D eigenvalue weighted by Crippen LogP contribution is -2.30. The Kier molecular flexibility index (Phi) is 4.46. The normalized spacial score (nSPS) is 15.5. The summed E-state index contributed by atoms with van der Waals surface area (Å²) in [5, 5.41) is 15.7. The molecule has 0 saturated carbocycles. The van der Waals surface area contributed by atoms with Gasteiger partial charge in [-0.05, 0) is 45.8 Å². The number of carbonyl (C=O) groups excluding carboxylic acids is 1. The first-order chi connectivity index (χ1) is 12.6. The Morgan fingerprint density at radius 3 is 2.85 bits per heavy atom. The Labute approximate surface area is 151 Å². The molecule has 0 radical (unpaired) electrons. The lowest BCUT2D eigenvalue weighted by Gasteiger charge is -2.23. The van der Waals surface area contributed by atoms with Crippen molar-refractivity contribution >= 4 is 16.9 Å². The molecule has 3 aromatic rings. The van der Waals surface area contributed by atoms with Crippen LogP contribution in [0.25, 0.3) is 11.0 Å². The molecule has 1 aromatic carbocycles. The van der Waals surface area contributed by atoms with Gasteiger partial charge in [0.2, 0.25) is 0 Å². The van der Waals surface area contributed by atoms with Crippen LogP contribution in [0.4, 0.5) is 0 Å². The zero-order valence-corrected chi connectivity index (χ0v) is 15.1. The Bertz CT molecular complexity index is 937. The van der Waals surface area contributed by atoms with Gasteiger partial charge in [-0.2, -0.15) is 0 Å². The summed E-state index contributed by atoms with van der Waals surface area (Å²) in [7, 11) is 0. The van der Waals surface area contributed by atoms with Crippen LogP contribution in [0.2, 0.25) is 0 Å². The predicted octanol–water partition coefficient (Wildman–Crippen LogP) is 2.50. The summed E-state index contributed by atoms with van der Waals surface area (Å²) in [5.74, 6) is 0.547. The number of furan rings is 1. The lowest BCUT2D eigenvalue weighted by atomic mass is 10.1. The van der Waals surface area contributed by atoms with Crippen LogP contribution in [0.5, 0.6) is 0 Å². The van der Waals surface area contributed by atoms with E-state index in [1.807, 2.05) is 42.8 Å². The molecule has 0 aliphatic carbocycles. The fourth-order valence-corrected chi connectivity index (χ4v) is 3.59. The average Bonchev–Trinajstić information content (AvgIpc) is 3.21. The van der Waals surface area contributed by atoms with E-state index in [1.165, 1.54) is 0 Å². The van der Waals surface area contributed by atoms with Gasteiger partial charge in [0.05, 0.1) is 18.3 Å². The quantitative estimate of drug-likeness (QED) is 0.753. The van der Waals surface area contributed by atoms with Gasteiger partial charge >= 0.3 is 0 Å². The van der Waals surface area contributed by atoms with Gasteiger partial charge in [0.25, 0.3) is 5.91 Å². The predicted molar refractivity (Wildman–Crippen MR) is 98.0 cm³/mol. The monoisotopic (exact) mass is 353 g/mol. The molecule has 7 heteroatoms. The highest BCUT2D eigenvalue weighted by molar-refractivity contribution is 5.93. The number of nitrogens with zero attached hydrogens (tertiary/aromatic N) is 3. The van der Waals surface area contributed by atoms with E-state index in [-0.39, 0.29) is 5.91 Å². The molecule has 1 fully saturated rings. The SMILES string of the molecule is Cc1c(CNC(=O)c2nnn(C3CCNCC3)c2C)oc2ccccc12. The molecule has 1 aliphatic rings. The summed E-state index contributed by atoms with van der Waals surface area (Å²) >= 11 is 0. The van der Waals surface area contributed by atoms with E-state index in [0.29, 0.717) is 18.3 Å². The van der Waals surface area contributed by atoms with Crippen LogP contribution in [0, 0.1) is 13.8 Å². The average molecular weight is 353 g/mol. The maximum atomic E-state index is 12.6. The highest BCUT2D eigenvalue weighted by Gasteiger charge is 2.23. The maximum absolute atomic E-state index is 12.6. The van der Waals surface area contributed by atoms with Crippen LogP contribution >= 0.6 is 0 Å². The van der Waals surface area contributed by atoms with Crippen LogP contribution < -0.4 is 10.6 Å². The van der Waals surface area contributed by atoms with Crippen LogP contribution in [0.1, 0.15) is 46.4 Å². The number of aromatic nitrogens is 3. The summed E-state index contributed by atoms with van der Waals surface area (Å²) in [4.78, 5) is 12.6. The molecule has 1 amide bonds. The standard InChI is InChI=1S/C19H23N5O2/c1-12-15-5-3-4-6-16(15)26-17(12)11-21-19(25)18-13(2)24(23-22-18)14-7-9-20-10-8-14/h3-6,14,20H,7-11H2,1-2H3,(H,21,25). The number of piperidine rings is 1. The zero-order valence-electron chi connectivity index (χ0n) is 15.1. The number of fused-ring (bicyclic) bond motifs is 1. The largest absolute Gasteiger partial charge is 0.459 e. The van der Waals surface area contributed by atoms with E-state index in [9.17, 15) is 4.79 Å². The van der Waals surface area contributed by atoms with Gasteiger partial charge < -0.3 is 15.1 Å². The molecule has 2 aromatic heterocycles. The number of amides is 1. The third-order valence-electron chi connectivity index (χ3n) is 5.15. The van der Waals surface area contributed by atoms with Crippen molar-refractivity contribution in [1.82, 2.24) is 25.6 Å². The number of nitrogens with one attached hydrogen (secondary N) is 2. The summed E-state index contributed by atoms with van der Waals surface area (Å²) in [6, 6.07) is 8.19. The molecule has 7 nitrogen and oxygen atoms in total. The Morgan fingerprint density at radius 1 is 1.31 bits per heavy atom. The molecule has 1 aliphatic heterocycles. The molecule has 4 rings (SSSR count). The van der Waals surface area contributed by atoms with Crippen molar-refractivity contribution in [3.63, 3.8) is 0 Å². The van der Waals surface area contributed by atoms with E-state index in [2.05, 4.69) is 20.9 Å². The number of hydrogen-bond donors (Lipinski definition) is 2. The minimum atomic E-state index is -0.220. The third-order valence-corrected chi connectivity index (χ3v) is 5.15. The summed E-state index contributed by atoms with van der Waals surface area (Å²) in [6.07, 6.45) is 2.01. The van der Waals surface area contributed by atoms with Crippen molar-refractivity contribution in [2.24, 2.45) is 0 Å². The highest BCUT2D eigenvalue weighted by atomic mass is 16.3. The molecular weight excluding hydrogens is 330 g/mol. The van der Waals surface area contributed by atoms with E-state index >= 15 is 0 Å². The minimum absolute atomic E-state index is 0.220. The fraction of sp³-hybridized carbons (Fsp3) is 0.421. The zero-order chi connectivity index (χ0) is 18.1. The Balaban J connectivity index is 1.48. The van der Waals surface area contributed by atoms with Gasteiger partial charge in [-0.3, -0.25) is 4.79 Å². The summed E-state index contributed by atoms with van der Waals surface area (Å²) in [6.45, 7) is 6.18. The van der Waals surface area contributed by atoms with Gasteiger partial charge in [-0.25, -0.2) is 4.68 Å². The second-order valence-electron chi connectivity index (χ2n) is 6.78. The molecule has 26 heavy (non-hydrogen) atoms. The van der Waals surface area contributed by atoms with E-state index in [4.69, 9.17) is 4.42 Å². The summed E-state index contributed by atoms with van der Waals surface area (Å²) in [5.41, 5.74) is 3.09. The number of aryl methyl sites for hydroxylation is 1. The molecule has 2 N–H and O–H groups in total. The lowest BCUT2D eigenvalue weighted by molar-refractivity contribution is 0.0942. The Morgan fingerprint density at radius 2 is 2.08 bits per heavy atom. The Hall–Kier alpha value is -2.67. The smallest absolute Gasteiger partial charge is 0.274 e. The molecule has 0 unspecified atom stereocenters. The van der Waals surface area contributed by atoms with E-state index in [1.54, 1.807) is 0 Å². The second kappa shape index (κ2) is 6.92. The maximum Gasteiger partial charge on any atom is 0.274 e. The number of para-hydroxylation sites is 1. The van der Waals surface area contributed by atoms with Crippen molar-refractivity contribution in [3.05, 3.63) is 47.0 Å². The fourth-order valence-electron chi connectivity index (χ4n) is 3.59. The molecule has 136 valence electrons. The number of rotatable bonds is 4. The number of carbonyl (C=O) groups is 1. The van der Waals surface area contributed by atoms with Crippen molar-refractivity contribution < 1.29 is 9.21 Å². The molecule has 0 bridgehead atoms. The van der Waals surface area contributed by atoms with E-state index in [0.717, 1.165) is 53.9 Å². The number of hydrogen-bond acceptors (Lipinski definition) is 5. The molecule has 3 heterocycles. The first kappa shape index (κ1) is 16.8. The molecular formula is C19H23N5O2. The van der Waals surface area contributed by atoms with Gasteiger partial charge in [-0.15, -0.1) is 5.10 Å². The van der Waals surface area contributed by atoms with Crippen LogP contribution in [0.3, 0.4) is 0 Å². The van der Waals surface area contributed by atoms with Gasteiger partial charge in [0.15, 0.2) is 5.69 Å². The highest BCUT2D eigenvalue weighted by Crippen LogP contribution is 2.25. The molecule has 0 spiro atoms. The first-order valence-electron chi connectivity index (χ1n) is 9.03. The van der Waals surface area contributed by atoms with Gasteiger partial charge in [0, 0.05) is 10.9 Å². The van der Waals surface area contributed by atoms with Crippen molar-refractivity contribution in [2.45, 2.75) is 39.3 Å². The third kappa shape index (κ3) is 2.99. The molecule has 0 atom stereocenters.